The average Bonchev–Trinajstić information content (AvgIpc) is 3.00. The Morgan fingerprint density at radius 2 is 1.89 bits per heavy atom. The minimum Gasteiger partial charge on any atom is -0.341 e. The highest BCUT2D eigenvalue weighted by Crippen LogP contribution is 2.32. The minimum atomic E-state index is -0.532. The second-order valence-corrected chi connectivity index (χ2v) is 7.47. The monoisotopic (exact) mass is 383 g/mol. The molecule has 2 heterocycles. The van der Waals surface area contributed by atoms with E-state index >= 15 is 0 Å². The maximum Gasteiger partial charge on any atom is 0.321 e. The molecular formula is C19H21N5O2S. The van der Waals surface area contributed by atoms with Gasteiger partial charge in [-0.2, -0.15) is 5.10 Å². The van der Waals surface area contributed by atoms with Gasteiger partial charge in [0.05, 0.1) is 22.2 Å². The molecule has 2 aromatic heterocycles. The van der Waals surface area contributed by atoms with Crippen molar-refractivity contribution < 1.29 is 9.59 Å². The van der Waals surface area contributed by atoms with Gasteiger partial charge < -0.3 is 5.32 Å². The first kappa shape index (κ1) is 18.9. The smallest absolute Gasteiger partial charge is 0.321 e. The summed E-state index contributed by atoms with van der Waals surface area (Å²) in [6, 6.07) is 11.4. The van der Waals surface area contributed by atoms with Crippen molar-refractivity contribution in [3.8, 4) is 11.3 Å². The van der Waals surface area contributed by atoms with Gasteiger partial charge in [-0.05, 0) is 32.4 Å². The van der Waals surface area contributed by atoms with Crippen LogP contribution in [0, 0.1) is 13.8 Å². The number of hydrogen-bond donors (Lipinski definition) is 2. The van der Waals surface area contributed by atoms with Gasteiger partial charge in [-0.3, -0.25) is 10.1 Å². The van der Waals surface area contributed by atoms with Crippen LogP contribution in [-0.2, 0) is 4.79 Å². The van der Waals surface area contributed by atoms with Crippen molar-refractivity contribution in [2.24, 2.45) is 0 Å². The first-order valence-electron chi connectivity index (χ1n) is 8.52. The third-order valence-electron chi connectivity index (χ3n) is 4.04. The Labute approximate surface area is 161 Å². The molecule has 0 radical (unpaired) electrons. The predicted octanol–water partition coefficient (Wildman–Crippen LogP) is 2.95. The van der Waals surface area contributed by atoms with Gasteiger partial charge in [0.25, 0.3) is 0 Å². The van der Waals surface area contributed by atoms with Crippen LogP contribution in [0.3, 0.4) is 0 Å². The predicted molar refractivity (Wildman–Crippen MR) is 106 cm³/mol. The van der Waals surface area contributed by atoms with Crippen molar-refractivity contribution in [3.05, 3.63) is 47.7 Å². The lowest BCUT2D eigenvalue weighted by molar-refractivity contribution is -0.119. The molecule has 0 fully saturated rings. The number of hydrogen-bond acceptors (Lipinski definition) is 5. The second-order valence-electron chi connectivity index (χ2n) is 6.17. The van der Waals surface area contributed by atoms with E-state index in [1.165, 1.54) is 18.8 Å². The van der Waals surface area contributed by atoms with E-state index in [0.29, 0.717) is 5.16 Å². The number of imidazole rings is 1. The van der Waals surface area contributed by atoms with Crippen LogP contribution in [0.4, 0.5) is 4.79 Å². The number of amides is 3. The molecule has 2 N–H and O–H groups in total. The number of carbonyl (C=O) groups is 2. The maximum atomic E-state index is 12.2. The molecule has 3 rings (SSSR count). The van der Waals surface area contributed by atoms with Crippen molar-refractivity contribution in [1.82, 2.24) is 25.2 Å². The lowest BCUT2D eigenvalue weighted by atomic mass is 10.1. The molecule has 0 aliphatic rings. The van der Waals surface area contributed by atoms with Crippen LogP contribution in [0.15, 0.2) is 41.6 Å². The molecule has 7 nitrogen and oxygen atoms in total. The number of carbonyl (C=O) groups excluding carboxylic acids is 2. The number of nitrogens with zero attached hydrogens (tertiary/aromatic N) is 3. The van der Waals surface area contributed by atoms with Crippen LogP contribution in [0.25, 0.3) is 16.8 Å². The number of aryl methyl sites for hydroxylation is 2. The molecule has 8 heteroatoms. The van der Waals surface area contributed by atoms with E-state index in [9.17, 15) is 9.59 Å². The largest absolute Gasteiger partial charge is 0.341 e. The van der Waals surface area contributed by atoms with E-state index in [-0.39, 0.29) is 5.91 Å². The van der Waals surface area contributed by atoms with Gasteiger partial charge in [-0.25, -0.2) is 14.3 Å². The van der Waals surface area contributed by atoms with Gasteiger partial charge in [0.2, 0.25) is 5.91 Å². The van der Waals surface area contributed by atoms with Crippen molar-refractivity contribution in [2.45, 2.75) is 31.2 Å². The summed E-state index contributed by atoms with van der Waals surface area (Å²) >= 11 is 1.26. The van der Waals surface area contributed by atoms with Gasteiger partial charge in [0, 0.05) is 12.6 Å². The van der Waals surface area contributed by atoms with Crippen LogP contribution in [0.5, 0.6) is 0 Å². The van der Waals surface area contributed by atoms with Gasteiger partial charge in [0.15, 0.2) is 5.16 Å². The molecule has 1 atom stereocenters. The molecule has 0 saturated carbocycles. The van der Waals surface area contributed by atoms with Crippen LogP contribution in [0.1, 0.15) is 18.2 Å². The number of urea groups is 1. The van der Waals surface area contributed by atoms with E-state index in [2.05, 4.69) is 15.7 Å². The quantitative estimate of drug-likeness (QED) is 0.676. The summed E-state index contributed by atoms with van der Waals surface area (Å²) < 4.78 is 1.78. The van der Waals surface area contributed by atoms with Gasteiger partial charge in [-0.15, -0.1) is 0 Å². The van der Waals surface area contributed by atoms with Gasteiger partial charge in [-0.1, -0.05) is 42.1 Å². The van der Waals surface area contributed by atoms with Crippen molar-refractivity contribution in [2.75, 3.05) is 7.05 Å². The number of benzene rings is 1. The zero-order chi connectivity index (χ0) is 19.6. The number of aromatic nitrogens is 3. The number of rotatable bonds is 4. The third-order valence-corrected chi connectivity index (χ3v) is 5.09. The molecule has 27 heavy (non-hydrogen) atoms. The highest BCUT2D eigenvalue weighted by Gasteiger charge is 2.22. The molecule has 0 saturated heterocycles. The zero-order valence-electron chi connectivity index (χ0n) is 15.6. The number of fused-ring (bicyclic) bond motifs is 1. The summed E-state index contributed by atoms with van der Waals surface area (Å²) in [6.45, 7) is 5.67. The Balaban J connectivity index is 2.03. The molecule has 0 aliphatic carbocycles. The number of imide groups is 1. The van der Waals surface area contributed by atoms with Gasteiger partial charge in [0.1, 0.15) is 0 Å². The van der Waals surface area contributed by atoms with Crippen LogP contribution >= 0.6 is 11.8 Å². The summed E-state index contributed by atoms with van der Waals surface area (Å²) in [7, 11) is 1.46. The normalized spacial score (nSPS) is 12.0. The second kappa shape index (κ2) is 7.79. The standard InChI is InChI=1S/C19H21N5O2S/c1-11-10-12(2)23-24-16(11)15(14-8-6-5-7-9-14)21-19(24)27-13(3)17(25)22-18(26)20-4/h5-10,13H,1-4H3,(H2,20,22,25,26)/t13-/m1/s1. The average molecular weight is 383 g/mol. The van der Waals surface area contributed by atoms with Crippen molar-refractivity contribution in [1.29, 1.82) is 0 Å². The summed E-state index contributed by atoms with van der Waals surface area (Å²) in [4.78, 5) is 28.4. The van der Waals surface area contributed by atoms with Crippen LogP contribution in [-0.4, -0.2) is 38.8 Å². The Morgan fingerprint density at radius 1 is 1.19 bits per heavy atom. The molecule has 0 unspecified atom stereocenters. The van der Waals surface area contributed by atoms with Crippen LogP contribution < -0.4 is 10.6 Å². The molecule has 1 aromatic carbocycles. The molecule has 3 amide bonds. The number of thioether (sulfide) groups is 1. The fourth-order valence-corrected chi connectivity index (χ4v) is 3.63. The summed E-state index contributed by atoms with van der Waals surface area (Å²) in [5, 5.41) is 9.35. The summed E-state index contributed by atoms with van der Waals surface area (Å²) in [5.74, 6) is -0.387. The Kier molecular flexibility index (Phi) is 5.46. The SMILES string of the molecule is CNC(=O)NC(=O)[C@@H](C)Sc1nc(-c2ccccc2)c2c(C)cc(C)nn12. The lowest BCUT2D eigenvalue weighted by Gasteiger charge is -2.10. The fraction of sp³-hybridized carbons (Fsp3) is 0.263. The fourth-order valence-electron chi connectivity index (χ4n) is 2.77. The van der Waals surface area contributed by atoms with Crippen molar-refractivity contribution >= 4 is 29.2 Å². The molecule has 0 bridgehead atoms. The highest BCUT2D eigenvalue weighted by molar-refractivity contribution is 8.00. The maximum absolute atomic E-state index is 12.2. The summed E-state index contributed by atoms with van der Waals surface area (Å²) in [5.41, 5.74) is 4.64. The van der Waals surface area contributed by atoms with E-state index in [1.54, 1.807) is 11.4 Å². The zero-order valence-corrected chi connectivity index (χ0v) is 16.4. The first-order valence-corrected chi connectivity index (χ1v) is 9.40. The molecule has 0 spiro atoms. The molecule has 140 valence electrons. The van der Waals surface area contributed by atoms with E-state index in [0.717, 1.165) is 28.0 Å². The highest BCUT2D eigenvalue weighted by atomic mass is 32.2. The molecule has 0 aliphatic heterocycles. The molecular weight excluding hydrogens is 362 g/mol. The number of nitrogens with one attached hydrogen (secondary N) is 2. The Morgan fingerprint density at radius 3 is 2.56 bits per heavy atom. The summed E-state index contributed by atoms with van der Waals surface area (Å²) in [6.07, 6.45) is 0. The van der Waals surface area contributed by atoms with E-state index in [4.69, 9.17) is 4.98 Å². The first-order chi connectivity index (χ1) is 12.9. The van der Waals surface area contributed by atoms with Gasteiger partial charge >= 0.3 is 6.03 Å². The van der Waals surface area contributed by atoms with E-state index < -0.39 is 11.3 Å². The van der Waals surface area contributed by atoms with Crippen LogP contribution in [0.2, 0.25) is 0 Å². The Hall–Kier alpha value is -2.87. The minimum absolute atomic E-state index is 0.387. The van der Waals surface area contributed by atoms with E-state index in [1.807, 2.05) is 50.2 Å². The molecule has 3 aromatic rings. The Bertz CT molecular complexity index is 1000. The topological polar surface area (TPSA) is 88.4 Å². The van der Waals surface area contributed by atoms with Crippen molar-refractivity contribution in [3.63, 3.8) is 0 Å². The third kappa shape index (κ3) is 3.95. The lowest BCUT2D eigenvalue weighted by Crippen LogP contribution is -2.41.